The molecule has 1 amide bonds. The highest BCUT2D eigenvalue weighted by atomic mass is 127. The average molecular weight is 448 g/mol. The molecule has 24 heavy (non-hydrogen) atoms. The number of rotatable bonds is 6. The summed E-state index contributed by atoms with van der Waals surface area (Å²) in [6.07, 6.45) is 5.25. The summed E-state index contributed by atoms with van der Waals surface area (Å²) < 4.78 is 12.9. The van der Waals surface area contributed by atoms with Crippen molar-refractivity contribution in [3.8, 4) is 0 Å². The van der Waals surface area contributed by atoms with Crippen LogP contribution in [0.15, 0.2) is 29.3 Å². The van der Waals surface area contributed by atoms with E-state index in [2.05, 4.69) is 15.6 Å². The molecule has 0 saturated heterocycles. The van der Waals surface area contributed by atoms with Crippen LogP contribution >= 0.6 is 24.0 Å². The number of hydrogen-bond donors (Lipinski definition) is 3. The molecule has 2 rings (SSSR count). The number of nitrogens with two attached hydrogens (primary N) is 1. The van der Waals surface area contributed by atoms with Gasteiger partial charge < -0.3 is 16.4 Å². The van der Waals surface area contributed by atoms with Crippen LogP contribution in [0, 0.1) is 11.7 Å². The zero-order valence-electron chi connectivity index (χ0n) is 13.9. The van der Waals surface area contributed by atoms with Crippen LogP contribution in [0.1, 0.15) is 31.2 Å². The van der Waals surface area contributed by atoms with Gasteiger partial charge in [-0.15, -0.1) is 24.0 Å². The lowest BCUT2D eigenvalue weighted by Crippen LogP contribution is -2.46. The van der Waals surface area contributed by atoms with Crippen molar-refractivity contribution in [3.63, 3.8) is 0 Å². The van der Waals surface area contributed by atoms with Gasteiger partial charge in [0.15, 0.2) is 5.96 Å². The van der Waals surface area contributed by atoms with Crippen LogP contribution in [0.3, 0.4) is 0 Å². The Labute approximate surface area is 159 Å². The number of carbonyl (C=O) groups is 1. The molecule has 0 aliphatic heterocycles. The number of carbonyl (C=O) groups excluding carboxylic acids is 1. The highest BCUT2D eigenvalue weighted by Crippen LogP contribution is 2.17. The van der Waals surface area contributed by atoms with E-state index in [1.165, 1.54) is 25.0 Å². The van der Waals surface area contributed by atoms with Crippen LogP contribution in [0.25, 0.3) is 0 Å². The molecule has 0 heterocycles. The summed E-state index contributed by atoms with van der Waals surface area (Å²) in [5.74, 6) is -0.341. The van der Waals surface area contributed by atoms with Gasteiger partial charge in [0.25, 0.3) is 0 Å². The second-order valence-corrected chi connectivity index (χ2v) is 6.01. The topological polar surface area (TPSA) is 79.5 Å². The minimum atomic E-state index is -0.377. The molecule has 1 aliphatic carbocycles. The average Bonchev–Trinajstić information content (AvgIpc) is 3.04. The van der Waals surface area contributed by atoms with Gasteiger partial charge in [-0.3, -0.25) is 9.79 Å². The molecule has 4 N–H and O–H groups in total. The molecular weight excluding hydrogens is 422 g/mol. The Kier molecular flexibility index (Phi) is 9.02. The van der Waals surface area contributed by atoms with Crippen molar-refractivity contribution in [1.29, 1.82) is 0 Å². The van der Waals surface area contributed by atoms with Crippen LogP contribution in [-0.2, 0) is 11.2 Å². The number of amides is 1. The number of halogens is 2. The molecular formula is C17H26FIN4O. The Morgan fingerprint density at radius 2 is 1.96 bits per heavy atom. The fraction of sp³-hybridized carbons (Fsp3) is 0.529. The van der Waals surface area contributed by atoms with Gasteiger partial charge >= 0.3 is 0 Å². The first-order valence-electron chi connectivity index (χ1n) is 8.09. The summed E-state index contributed by atoms with van der Waals surface area (Å²) in [7, 11) is 1.71. The monoisotopic (exact) mass is 448 g/mol. The minimum Gasteiger partial charge on any atom is -0.369 e. The van der Waals surface area contributed by atoms with E-state index in [0.717, 1.165) is 18.4 Å². The second-order valence-electron chi connectivity index (χ2n) is 6.01. The fourth-order valence-electron chi connectivity index (χ4n) is 2.86. The highest BCUT2D eigenvalue weighted by Gasteiger charge is 2.19. The maximum Gasteiger partial charge on any atom is 0.222 e. The van der Waals surface area contributed by atoms with Crippen molar-refractivity contribution in [3.05, 3.63) is 35.6 Å². The molecule has 5 nitrogen and oxygen atoms in total. The molecule has 1 fully saturated rings. The molecule has 0 aromatic heterocycles. The number of aliphatic imine (C=N–C) groups is 1. The van der Waals surface area contributed by atoms with E-state index in [-0.39, 0.29) is 41.6 Å². The van der Waals surface area contributed by atoms with E-state index in [1.54, 1.807) is 19.2 Å². The summed E-state index contributed by atoms with van der Waals surface area (Å²) in [6, 6.07) is 6.58. The lowest BCUT2D eigenvalue weighted by atomic mass is 9.98. The Bertz CT molecular complexity index is 544. The van der Waals surface area contributed by atoms with Crippen molar-refractivity contribution in [1.82, 2.24) is 10.6 Å². The Hall–Kier alpha value is -1.38. The van der Waals surface area contributed by atoms with Gasteiger partial charge in [0.05, 0.1) is 5.92 Å². The van der Waals surface area contributed by atoms with Crippen LogP contribution < -0.4 is 16.4 Å². The molecule has 7 heteroatoms. The fourth-order valence-corrected chi connectivity index (χ4v) is 2.86. The van der Waals surface area contributed by atoms with Crippen molar-refractivity contribution in [2.45, 2.75) is 38.1 Å². The zero-order chi connectivity index (χ0) is 16.7. The molecule has 1 aliphatic rings. The van der Waals surface area contributed by atoms with Gasteiger partial charge in [-0.1, -0.05) is 25.0 Å². The van der Waals surface area contributed by atoms with Crippen molar-refractivity contribution < 1.29 is 9.18 Å². The maximum atomic E-state index is 12.9. The van der Waals surface area contributed by atoms with Gasteiger partial charge in [0, 0.05) is 19.6 Å². The molecule has 1 unspecified atom stereocenters. The first-order valence-corrected chi connectivity index (χ1v) is 8.09. The third kappa shape index (κ3) is 6.62. The molecule has 1 saturated carbocycles. The van der Waals surface area contributed by atoms with E-state index in [9.17, 15) is 9.18 Å². The third-order valence-electron chi connectivity index (χ3n) is 4.23. The largest absolute Gasteiger partial charge is 0.369 e. The summed E-state index contributed by atoms with van der Waals surface area (Å²) in [5.41, 5.74) is 6.38. The van der Waals surface area contributed by atoms with Crippen LogP contribution in [0.4, 0.5) is 4.39 Å². The normalized spacial score (nSPS) is 16.3. The van der Waals surface area contributed by atoms with Gasteiger partial charge in [-0.2, -0.15) is 0 Å². The van der Waals surface area contributed by atoms with E-state index < -0.39 is 0 Å². The molecule has 0 bridgehead atoms. The lowest BCUT2D eigenvalue weighted by Gasteiger charge is -2.20. The van der Waals surface area contributed by atoms with Gasteiger partial charge in [0.1, 0.15) is 5.82 Å². The van der Waals surface area contributed by atoms with Crippen molar-refractivity contribution >= 4 is 35.8 Å². The lowest BCUT2D eigenvalue weighted by molar-refractivity contribution is -0.121. The molecule has 1 aromatic carbocycles. The first kappa shape index (κ1) is 20.7. The predicted octanol–water partition coefficient (Wildman–Crippen LogP) is 2.20. The summed E-state index contributed by atoms with van der Waals surface area (Å²) in [6.45, 7) is 0.402. The van der Waals surface area contributed by atoms with E-state index >= 15 is 0 Å². The molecule has 0 spiro atoms. The van der Waals surface area contributed by atoms with E-state index in [1.807, 2.05) is 0 Å². The van der Waals surface area contributed by atoms with E-state index in [0.29, 0.717) is 25.0 Å². The minimum absolute atomic E-state index is 0. The first-order chi connectivity index (χ1) is 11.1. The maximum absolute atomic E-state index is 12.9. The SMILES string of the molecule is CN=C(NCC(Cc1ccc(F)cc1)C(N)=O)NC1CCCC1.I. The number of benzene rings is 1. The third-order valence-corrected chi connectivity index (χ3v) is 4.23. The molecule has 0 radical (unpaired) electrons. The number of guanidine groups is 1. The summed E-state index contributed by atoms with van der Waals surface area (Å²) >= 11 is 0. The van der Waals surface area contributed by atoms with Crippen molar-refractivity contribution in [2.24, 2.45) is 16.6 Å². The number of nitrogens with zero attached hydrogens (tertiary/aromatic N) is 1. The number of primary amides is 1. The number of nitrogens with one attached hydrogen (secondary N) is 2. The van der Waals surface area contributed by atoms with Crippen LogP contribution in [0.2, 0.25) is 0 Å². The van der Waals surface area contributed by atoms with Gasteiger partial charge in [-0.25, -0.2) is 4.39 Å². The predicted molar refractivity (Wildman–Crippen MR) is 105 cm³/mol. The molecule has 1 aromatic rings. The van der Waals surface area contributed by atoms with Crippen LogP contribution in [0.5, 0.6) is 0 Å². The highest BCUT2D eigenvalue weighted by molar-refractivity contribution is 14.0. The van der Waals surface area contributed by atoms with Crippen LogP contribution in [-0.4, -0.2) is 31.5 Å². The smallest absolute Gasteiger partial charge is 0.222 e. The van der Waals surface area contributed by atoms with Gasteiger partial charge in [-0.05, 0) is 37.0 Å². The Balaban J connectivity index is 0.00000288. The van der Waals surface area contributed by atoms with Gasteiger partial charge in [0.2, 0.25) is 5.91 Å². The summed E-state index contributed by atoms with van der Waals surface area (Å²) in [5, 5.41) is 6.54. The standard InChI is InChI=1S/C17H25FN4O.HI/c1-20-17(22-15-4-2-3-5-15)21-11-13(16(19)23)10-12-6-8-14(18)9-7-12;/h6-9,13,15H,2-5,10-11H2,1H3,(H2,19,23)(H2,20,21,22);1H. The Morgan fingerprint density at radius 3 is 2.50 bits per heavy atom. The van der Waals surface area contributed by atoms with E-state index in [4.69, 9.17) is 5.73 Å². The quantitative estimate of drug-likeness (QED) is 0.355. The molecule has 134 valence electrons. The van der Waals surface area contributed by atoms with Crippen molar-refractivity contribution in [2.75, 3.05) is 13.6 Å². The molecule has 1 atom stereocenters. The number of hydrogen-bond acceptors (Lipinski definition) is 2. The summed E-state index contributed by atoms with van der Waals surface area (Å²) in [4.78, 5) is 15.9. The second kappa shape index (κ2) is 10.5. The Morgan fingerprint density at radius 1 is 1.33 bits per heavy atom. The zero-order valence-corrected chi connectivity index (χ0v) is 16.3.